The highest BCUT2D eigenvalue weighted by Crippen LogP contribution is 2.22. The van der Waals surface area contributed by atoms with Gasteiger partial charge in [0.1, 0.15) is 5.52 Å². The number of benzene rings is 1. The van der Waals surface area contributed by atoms with E-state index in [9.17, 15) is 4.79 Å². The maximum absolute atomic E-state index is 10.8. The molecule has 2 N–H and O–H groups in total. The SMILES string of the molecule is O=C(O)c1ccc2nc(Nc3nnco3)oc2c1. The van der Waals surface area contributed by atoms with Gasteiger partial charge in [-0.05, 0) is 18.2 Å². The van der Waals surface area contributed by atoms with Crippen LogP contribution in [0.25, 0.3) is 11.1 Å². The Bertz CT molecular complexity index is 704. The number of aromatic nitrogens is 3. The van der Waals surface area contributed by atoms with E-state index in [0.717, 1.165) is 6.39 Å². The van der Waals surface area contributed by atoms with Crippen LogP contribution < -0.4 is 5.32 Å². The van der Waals surface area contributed by atoms with Crippen LogP contribution in [0.15, 0.2) is 33.4 Å². The number of oxazole rings is 1. The van der Waals surface area contributed by atoms with Crippen LogP contribution in [0, 0.1) is 0 Å². The summed E-state index contributed by atoms with van der Waals surface area (Å²) in [4.78, 5) is 14.9. The zero-order chi connectivity index (χ0) is 12.5. The normalized spacial score (nSPS) is 10.7. The highest BCUT2D eigenvalue weighted by Gasteiger charge is 2.11. The van der Waals surface area contributed by atoms with Crippen LogP contribution in [-0.2, 0) is 0 Å². The number of carboxylic acid groups (broad SMARTS) is 1. The van der Waals surface area contributed by atoms with Gasteiger partial charge in [0.15, 0.2) is 5.58 Å². The van der Waals surface area contributed by atoms with Crippen molar-refractivity contribution >= 4 is 29.1 Å². The summed E-state index contributed by atoms with van der Waals surface area (Å²) in [6, 6.07) is 4.69. The van der Waals surface area contributed by atoms with Gasteiger partial charge in [-0.15, -0.1) is 5.10 Å². The predicted molar refractivity (Wildman–Crippen MR) is 58.5 cm³/mol. The van der Waals surface area contributed by atoms with Crippen molar-refractivity contribution in [2.75, 3.05) is 5.32 Å². The van der Waals surface area contributed by atoms with Gasteiger partial charge in [0.25, 0.3) is 0 Å². The van der Waals surface area contributed by atoms with Crippen molar-refractivity contribution in [1.82, 2.24) is 15.2 Å². The van der Waals surface area contributed by atoms with E-state index < -0.39 is 5.97 Å². The van der Waals surface area contributed by atoms with E-state index >= 15 is 0 Å². The molecule has 0 bridgehead atoms. The van der Waals surface area contributed by atoms with Crippen LogP contribution >= 0.6 is 0 Å². The highest BCUT2D eigenvalue weighted by atomic mass is 16.4. The second-order valence-corrected chi connectivity index (χ2v) is 3.38. The number of hydrogen-bond acceptors (Lipinski definition) is 7. The molecule has 18 heavy (non-hydrogen) atoms. The van der Waals surface area contributed by atoms with E-state index in [4.69, 9.17) is 13.9 Å². The Morgan fingerprint density at radius 2 is 2.22 bits per heavy atom. The molecule has 90 valence electrons. The molecular formula is C10H6N4O4. The van der Waals surface area contributed by atoms with E-state index in [1.807, 2.05) is 0 Å². The zero-order valence-corrected chi connectivity index (χ0v) is 8.82. The third-order valence-corrected chi connectivity index (χ3v) is 2.21. The molecule has 0 saturated carbocycles. The monoisotopic (exact) mass is 246 g/mol. The molecule has 0 aliphatic carbocycles. The summed E-state index contributed by atoms with van der Waals surface area (Å²) in [5, 5.41) is 18.6. The molecule has 0 radical (unpaired) electrons. The lowest BCUT2D eigenvalue weighted by Crippen LogP contribution is -1.94. The predicted octanol–water partition coefficient (Wildman–Crippen LogP) is 1.65. The fourth-order valence-corrected chi connectivity index (χ4v) is 1.43. The molecule has 0 aliphatic rings. The van der Waals surface area contributed by atoms with Gasteiger partial charge in [-0.2, -0.15) is 4.98 Å². The molecule has 2 heterocycles. The minimum atomic E-state index is -1.03. The van der Waals surface area contributed by atoms with Gasteiger partial charge < -0.3 is 13.9 Å². The second kappa shape index (κ2) is 3.84. The van der Waals surface area contributed by atoms with Crippen molar-refractivity contribution in [3.05, 3.63) is 30.2 Å². The van der Waals surface area contributed by atoms with Crippen LogP contribution in [-0.4, -0.2) is 26.3 Å². The van der Waals surface area contributed by atoms with E-state index in [1.54, 1.807) is 6.07 Å². The first-order valence-corrected chi connectivity index (χ1v) is 4.89. The molecule has 0 amide bonds. The number of carbonyl (C=O) groups is 1. The molecule has 3 aromatic rings. The first-order valence-electron chi connectivity index (χ1n) is 4.89. The molecular weight excluding hydrogens is 240 g/mol. The Balaban J connectivity index is 1.98. The van der Waals surface area contributed by atoms with Crippen LogP contribution in [0.3, 0.4) is 0 Å². The van der Waals surface area contributed by atoms with Gasteiger partial charge in [-0.3, -0.25) is 5.32 Å². The summed E-state index contributed by atoms with van der Waals surface area (Å²) in [6.07, 6.45) is 1.16. The molecule has 1 aromatic carbocycles. The van der Waals surface area contributed by atoms with Crippen LogP contribution in [0.5, 0.6) is 0 Å². The van der Waals surface area contributed by atoms with Gasteiger partial charge in [-0.25, -0.2) is 4.79 Å². The number of nitrogens with one attached hydrogen (secondary N) is 1. The minimum Gasteiger partial charge on any atom is -0.478 e. The Hall–Kier alpha value is -2.90. The van der Waals surface area contributed by atoms with Crippen molar-refractivity contribution in [1.29, 1.82) is 0 Å². The van der Waals surface area contributed by atoms with E-state index in [1.165, 1.54) is 12.1 Å². The Morgan fingerprint density at radius 1 is 1.33 bits per heavy atom. The van der Waals surface area contributed by atoms with Gasteiger partial charge >= 0.3 is 18.0 Å². The van der Waals surface area contributed by atoms with Gasteiger partial charge in [0.05, 0.1) is 5.56 Å². The average molecular weight is 246 g/mol. The number of hydrogen-bond donors (Lipinski definition) is 2. The molecule has 0 aliphatic heterocycles. The number of nitrogens with zero attached hydrogens (tertiary/aromatic N) is 3. The Kier molecular flexibility index (Phi) is 2.19. The summed E-state index contributed by atoms with van der Waals surface area (Å²) >= 11 is 0. The minimum absolute atomic E-state index is 0.128. The molecule has 0 fully saturated rings. The fraction of sp³-hybridized carbons (Fsp3) is 0. The highest BCUT2D eigenvalue weighted by molar-refractivity contribution is 5.92. The molecule has 8 heteroatoms. The number of rotatable bonds is 3. The van der Waals surface area contributed by atoms with E-state index in [0.29, 0.717) is 11.1 Å². The quantitative estimate of drug-likeness (QED) is 0.716. The lowest BCUT2D eigenvalue weighted by Gasteiger charge is -1.91. The van der Waals surface area contributed by atoms with Gasteiger partial charge in [-0.1, -0.05) is 5.10 Å². The van der Waals surface area contributed by atoms with Crippen LogP contribution in [0.1, 0.15) is 10.4 Å². The topological polar surface area (TPSA) is 114 Å². The molecule has 3 rings (SSSR count). The first kappa shape index (κ1) is 10.3. The summed E-state index contributed by atoms with van der Waals surface area (Å²) in [7, 11) is 0. The first-order chi connectivity index (χ1) is 8.72. The Morgan fingerprint density at radius 3 is 2.94 bits per heavy atom. The third-order valence-electron chi connectivity index (χ3n) is 2.21. The standard InChI is InChI=1S/C10H6N4O4/c15-8(16)5-1-2-6-7(3-5)18-9(12-6)13-10-14-11-4-17-10/h1-4H,(H,15,16)(H,12,13,14). The molecule has 8 nitrogen and oxygen atoms in total. The van der Waals surface area contributed by atoms with Crippen molar-refractivity contribution < 1.29 is 18.7 Å². The lowest BCUT2D eigenvalue weighted by atomic mass is 10.2. The van der Waals surface area contributed by atoms with E-state index in [2.05, 4.69) is 20.5 Å². The fourth-order valence-electron chi connectivity index (χ4n) is 1.43. The second-order valence-electron chi connectivity index (χ2n) is 3.38. The average Bonchev–Trinajstić information content (AvgIpc) is 2.96. The van der Waals surface area contributed by atoms with Crippen molar-refractivity contribution in [3.8, 4) is 0 Å². The van der Waals surface area contributed by atoms with Crippen molar-refractivity contribution in [3.63, 3.8) is 0 Å². The van der Waals surface area contributed by atoms with Gasteiger partial charge in [0, 0.05) is 0 Å². The molecule has 0 unspecified atom stereocenters. The largest absolute Gasteiger partial charge is 0.478 e. The smallest absolute Gasteiger partial charge is 0.335 e. The van der Waals surface area contributed by atoms with Crippen molar-refractivity contribution in [2.24, 2.45) is 0 Å². The Labute approximate surface area is 99.3 Å². The maximum Gasteiger partial charge on any atom is 0.335 e. The van der Waals surface area contributed by atoms with E-state index in [-0.39, 0.29) is 17.6 Å². The number of carboxylic acids is 1. The lowest BCUT2D eigenvalue weighted by molar-refractivity contribution is 0.0697. The van der Waals surface area contributed by atoms with Crippen LogP contribution in [0.4, 0.5) is 12.0 Å². The molecule has 0 spiro atoms. The number of fused-ring (bicyclic) bond motifs is 1. The third kappa shape index (κ3) is 1.75. The molecule has 2 aromatic heterocycles. The number of aromatic carboxylic acids is 1. The van der Waals surface area contributed by atoms with Crippen LogP contribution in [0.2, 0.25) is 0 Å². The van der Waals surface area contributed by atoms with Gasteiger partial charge in [0.2, 0.25) is 6.39 Å². The van der Waals surface area contributed by atoms with Crippen molar-refractivity contribution in [2.45, 2.75) is 0 Å². The molecule has 0 atom stereocenters. The summed E-state index contributed by atoms with van der Waals surface area (Å²) in [5.74, 6) is -1.03. The molecule has 0 saturated heterocycles. The summed E-state index contributed by atoms with van der Waals surface area (Å²) in [6.45, 7) is 0. The maximum atomic E-state index is 10.8. The summed E-state index contributed by atoms with van der Waals surface area (Å²) in [5.41, 5.74) is 1.02. The summed E-state index contributed by atoms with van der Waals surface area (Å²) < 4.78 is 10.2. The number of anilines is 2. The zero-order valence-electron chi connectivity index (χ0n) is 8.82.